The van der Waals surface area contributed by atoms with Crippen molar-refractivity contribution >= 4 is 5.69 Å². The highest BCUT2D eigenvalue weighted by atomic mass is 16.3. The minimum Gasteiger partial charge on any atom is -0.508 e. The number of aromatic hydroxyl groups is 1. The molecule has 1 aromatic rings. The summed E-state index contributed by atoms with van der Waals surface area (Å²) in [7, 11) is 0. The number of hydrogen-bond acceptors (Lipinski definition) is 2. The monoisotopic (exact) mass is 191 g/mol. The molecule has 14 heavy (non-hydrogen) atoms. The lowest BCUT2D eigenvalue weighted by Crippen LogP contribution is -1.89. The normalized spacial score (nSPS) is 10.0. The number of benzene rings is 1. The van der Waals surface area contributed by atoms with E-state index in [1.54, 1.807) is 19.1 Å². The molecule has 0 heterocycles. The van der Waals surface area contributed by atoms with Crippen molar-refractivity contribution in [2.45, 2.75) is 26.7 Å². The van der Waals surface area contributed by atoms with Crippen molar-refractivity contribution in [3.8, 4) is 5.75 Å². The van der Waals surface area contributed by atoms with Crippen LogP contribution in [-0.4, -0.2) is 5.11 Å². The SMILES string of the molecule is Cc1cc(O)c(C(C)C)cc1N=[N+]=[N-]. The second kappa shape index (κ2) is 4.03. The maximum absolute atomic E-state index is 9.62. The van der Waals surface area contributed by atoms with Gasteiger partial charge >= 0.3 is 0 Å². The third-order valence-electron chi connectivity index (χ3n) is 2.12. The Morgan fingerprint density at radius 3 is 2.57 bits per heavy atom. The Balaban J connectivity index is 3.34. The lowest BCUT2D eigenvalue weighted by Gasteiger charge is -2.10. The minimum absolute atomic E-state index is 0.211. The van der Waals surface area contributed by atoms with Crippen LogP contribution in [0.25, 0.3) is 10.4 Å². The van der Waals surface area contributed by atoms with Gasteiger partial charge in [-0.2, -0.15) is 0 Å². The Morgan fingerprint density at radius 2 is 2.07 bits per heavy atom. The number of azide groups is 1. The van der Waals surface area contributed by atoms with E-state index in [1.165, 1.54) is 0 Å². The first kappa shape index (κ1) is 10.4. The Hall–Kier alpha value is -1.67. The van der Waals surface area contributed by atoms with Crippen molar-refractivity contribution in [3.63, 3.8) is 0 Å². The van der Waals surface area contributed by atoms with Gasteiger partial charge in [-0.15, -0.1) is 0 Å². The molecular weight excluding hydrogens is 178 g/mol. The van der Waals surface area contributed by atoms with Gasteiger partial charge in [0.1, 0.15) is 5.75 Å². The van der Waals surface area contributed by atoms with E-state index in [1.807, 2.05) is 13.8 Å². The number of aryl methyl sites for hydroxylation is 1. The van der Waals surface area contributed by atoms with Crippen molar-refractivity contribution in [2.24, 2.45) is 5.11 Å². The fourth-order valence-electron chi connectivity index (χ4n) is 1.32. The molecule has 0 aliphatic carbocycles. The van der Waals surface area contributed by atoms with Gasteiger partial charge in [-0.25, -0.2) is 0 Å². The number of phenols is 1. The first-order valence-electron chi connectivity index (χ1n) is 4.45. The Kier molecular flexibility index (Phi) is 2.99. The third-order valence-corrected chi connectivity index (χ3v) is 2.12. The third kappa shape index (κ3) is 1.98. The largest absolute Gasteiger partial charge is 0.508 e. The fourth-order valence-corrected chi connectivity index (χ4v) is 1.32. The van der Waals surface area contributed by atoms with Crippen molar-refractivity contribution < 1.29 is 5.11 Å². The molecule has 0 spiro atoms. The van der Waals surface area contributed by atoms with Gasteiger partial charge in [0.2, 0.25) is 0 Å². The van der Waals surface area contributed by atoms with E-state index in [0.29, 0.717) is 5.69 Å². The molecule has 0 saturated carbocycles. The molecule has 0 aromatic heterocycles. The number of hydrogen-bond donors (Lipinski definition) is 1. The van der Waals surface area contributed by atoms with E-state index in [0.717, 1.165) is 11.1 Å². The zero-order valence-corrected chi connectivity index (χ0v) is 8.52. The average molecular weight is 191 g/mol. The molecule has 4 heteroatoms. The van der Waals surface area contributed by atoms with E-state index in [9.17, 15) is 5.11 Å². The molecule has 0 radical (unpaired) electrons. The summed E-state index contributed by atoms with van der Waals surface area (Å²) < 4.78 is 0. The first-order valence-corrected chi connectivity index (χ1v) is 4.45. The summed E-state index contributed by atoms with van der Waals surface area (Å²) in [5.41, 5.74) is 10.5. The molecule has 1 aromatic carbocycles. The smallest absolute Gasteiger partial charge is 0.119 e. The van der Waals surface area contributed by atoms with Crippen LogP contribution in [0.4, 0.5) is 5.69 Å². The van der Waals surface area contributed by atoms with E-state index < -0.39 is 0 Å². The van der Waals surface area contributed by atoms with Crippen LogP contribution in [0, 0.1) is 6.92 Å². The maximum Gasteiger partial charge on any atom is 0.119 e. The van der Waals surface area contributed by atoms with E-state index >= 15 is 0 Å². The molecule has 0 aliphatic heterocycles. The Labute approximate surface area is 82.8 Å². The quantitative estimate of drug-likeness (QED) is 0.431. The lowest BCUT2D eigenvalue weighted by molar-refractivity contribution is 0.464. The molecule has 0 amide bonds. The predicted octanol–water partition coefficient (Wildman–Crippen LogP) is 3.77. The molecule has 1 N–H and O–H groups in total. The summed E-state index contributed by atoms with van der Waals surface area (Å²) in [5.74, 6) is 0.470. The molecule has 1 rings (SSSR count). The predicted molar refractivity (Wildman–Crippen MR) is 55.7 cm³/mol. The molecule has 0 unspecified atom stereocenters. The number of phenolic OH excluding ortho intramolecular Hbond substituents is 1. The van der Waals surface area contributed by atoms with Crippen molar-refractivity contribution in [2.75, 3.05) is 0 Å². The summed E-state index contributed by atoms with van der Waals surface area (Å²) >= 11 is 0. The first-order chi connectivity index (χ1) is 6.56. The highest BCUT2D eigenvalue weighted by Crippen LogP contribution is 2.32. The molecule has 74 valence electrons. The van der Waals surface area contributed by atoms with Crippen LogP contribution in [0.15, 0.2) is 17.2 Å². The van der Waals surface area contributed by atoms with Gasteiger partial charge in [0.25, 0.3) is 0 Å². The second-order valence-corrected chi connectivity index (χ2v) is 3.54. The summed E-state index contributed by atoms with van der Waals surface area (Å²) in [5, 5.41) is 13.2. The minimum atomic E-state index is 0.211. The molecule has 0 atom stereocenters. The Morgan fingerprint density at radius 1 is 1.43 bits per heavy atom. The summed E-state index contributed by atoms with van der Waals surface area (Å²) in [6, 6.07) is 3.36. The van der Waals surface area contributed by atoms with Crippen LogP contribution < -0.4 is 0 Å². The van der Waals surface area contributed by atoms with Crippen LogP contribution in [0.3, 0.4) is 0 Å². The van der Waals surface area contributed by atoms with Gasteiger partial charge in [-0.1, -0.05) is 19.0 Å². The standard InChI is InChI=1S/C10H13N3O/c1-6(2)8-5-9(12-13-11)7(3)4-10(8)14/h4-6,14H,1-3H3. The van der Waals surface area contributed by atoms with E-state index in [2.05, 4.69) is 10.0 Å². The zero-order valence-electron chi connectivity index (χ0n) is 8.52. The van der Waals surface area contributed by atoms with E-state index in [4.69, 9.17) is 5.53 Å². The van der Waals surface area contributed by atoms with Gasteiger partial charge in [0, 0.05) is 10.6 Å². The van der Waals surface area contributed by atoms with Gasteiger partial charge in [0.15, 0.2) is 0 Å². The van der Waals surface area contributed by atoms with Crippen LogP contribution in [-0.2, 0) is 0 Å². The lowest BCUT2D eigenvalue weighted by atomic mass is 9.99. The van der Waals surface area contributed by atoms with Crippen LogP contribution >= 0.6 is 0 Å². The molecule has 0 saturated heterocycles. The molecule has 0 aliphatic rings. The fraction of sp³-hybridized carbons (Fsp3) is 0.400. The molecular formula is C10H13N3O. The number of rotatable bonds is 2. The highest BCUT2D eigenvalue weighted by Gasteiger charge is 2.08. The summed E-state index contributed by atoms with van der Waals surface area (Å²) in [4.78, 5) is 2.74. The topological polar surface area (TPSA) is 69.0 Å². The van der Waals surface area contributed by atoms with Crippen LogP contribution in [0.5, 0.6) is 5.75 Å². The molecule has 0 bridgehead atoms. The van der Waals surface area contributed by atoms with Crippen molar-refractivity contribution in [1.29, 1.82) is 0 Å². The average Bonchev–Trinajstić information content (AvgIpc) is 2.09. The van der Waals surface area contributed by atoms with E-state index in [-0.39, 0.29) is 11.7 Å². The van der Waals surface area contributed by atoms with Gasteiger partial charge in [0.05, 0.1) is 0 Å². The van der Waals surface area contributed by atoms with Crippen LogP contribution in [0.2, 0.25) is 0 Å². The van der Waals surface area contributed by atoms with Crippen molar-refractivity contribution in [3.05, 3.63) is 33.7 Å². The van der Waals surface area contributed by atoms with Crippen LogP contribution in [0.1, 0.15) is 30.9 Å². The molecule has 4 nitrogen and oxygen atoms in total. The zero-order chi connectivity index (χ0) is 10.7. The summed E-state index contributed by atoms with van der Waals surface area (Å²) in [6.07, 6.45) is 0. The van der Waals surface area contributed by atoms with Gasteiger partial charge in [-0.05, 0) is 41.6 Å². The van der Waals surface area contributed by atoms with Gasteiger partial charge < -0.3 is 5.11 Å². The summed E-state index contributed by atoms with van der Waals surface area (Å²) in [6.45, 7) is 5.75. The Bertz CT molecular complexity index is 393. The maximum atomic E-state index is 9.62. The molecule has 0 fully saturated rings. The van der Waals surface area contributed by atoms with Crippen molar-refractivity contribution in [1.82, 2.24) is 0 Å². The highest BCUT2D eigenvalue weighted by molar-refractivity contribution is 5.53. The number of nitrogens with zero attached hydrogens (tertiary/aromatic N) is 3. The van der Waals surface area contributed by atoms with Gasteiger partial charge in [-0.3, -0.25) is 0 Å². The second-order valence-electron chi connectivity index (χ2n) is 3.54.